The molecule has 1 aliphatic rings. The molecule has 1 aromatic heterocycles. The number of para-hydroxylation sites is 1. The number of pyridine rings is 1. The van der Waals surface area contributed by atoms with Crippen LogP contribution in [0.5, 0.6) is 5.75 Å². The van der Waals surface area contributed by atoms with Gasteiger partial charge in [0.1, 0.15) is 11.3 Å². The largest absolute Gasteiger partial charge is 0.506 e. The summed E-state index contributed by atoms with van der Waals surface area (Å²) in [6.07, 6.45) is 5.56. The number of allylic oxidation sites excluding steroid dienone is 1. The van der Waals surface area contributed by atoms with Gasteiger partial charge in [-0.25, -0.2) is 9.78 Å². The van der Waals surface area contributed by atoms with Crippen LogP contribution in [0.2, 0.25) is 0 Å². The molecule has 128 valence electrons. The number of nitrogens with one attached hydrogen (secondary N) is 1. The second kappa shape index (κ2) is 7.17. The summed E-state index contributed by atoms with van der Waals surface area (Å²) in [6, 6.07) is 8.68. The molecule has 3 rings (SSSR count). The van der Waals surface area contributed by atoms with Crippen molar-refractivity contribution in [1.29, 1.82) is 0 Å². The number of amides is 1. The Balaban J connectivity index is 1.76. The van der Waals surface area contributed by atoms with Gasteiger partial charge >= 0.3 is 5.97 Å². The van der Waals surface area contributed by atoms with Crippen molar-refractivity contribution >= 4 is 28.9 Å². The van der Waals surface area contributed by atoms with E-state index in [2.05, 4.69) is 10.3 Å². The number of phenolic OH excluding ortho intramolecular Hbond substituents is 1. The van der Waals surface area contributed by atoms with Crippen LogP contribution in [0.1, 0.15) is 31.4 Å². The zero-order valence-electron chi connectivity index (χ0n) is 13.5. The van der Waals surface area contributed by atoms with Gasteiger partial charge in [-0.15, -0.1) is 0 Å². The highest BCUT2D eigenvalue weighted by Crippen LogP contribution is 2.24. The molecule has 3 N–H and O–H groups in total. The average Bonchev–Trinajstić information content (AvgIpc) is 2.61. The highest BCUT2D eigenvalue weighted by molar-refractivity contribution is 5.95. The van der Waals surface area contributed by atoms with Crippen molar-refractivity contribution in [3.8, 4) is 5.75 Å². The molecule has 0 saturated heterocycles. The number of phenols is 1. The molecule has 0 aliphatic heterocycles. The van der Waals surface area contributed by atoms with Gasteiger partial charge in [0.25, 0.3) is 0 Å². The second-order valence-corrected chi connectivity index (χ2v) is 5.88. The normalized spacial score (nSPS) is 14.9. The summed E-state index contributed by atoms with van der Waals surface area (Å²) < 4.78 is 0. The lowest BCUT2D eigenvalue weighted by atomic mass is 9.96. The van der Waals surface area contributed by atoms with Gasteiger partial charge in [0.05, 0.1) is 11.3 Å². The maximum Gasteiger partial charge on any atom is 0.333 e. The van der Waals surface area contributed by atoms with E-state index < -0.39 is 11.9 Å². The highest BCUT2D eigenvalue weighted by Gasteiger charge is 2.19. The monoisotopic (exact) mass is 338 g/mol. The van der Waals surface area contributed by atoms with Crippen molar-refractivity contribution in [2.24, 2.45) is 0 Å². The van der Waals surface area contributed by atoms with E-state index in [4.69, 9.17) is 0 Å². The molecule has 25 heavy (non-hydrogen) atoms. The smallest absolute Gasteiger partial charge is 0.333 e. The van der Waals surface area contributed by atoms with E-state index in [-0.39, 0.29) is 11.3 Å². The molecule has 0 atom stereocenters. The molecule has 0 fully saturated rings. The first kappa shape index (κ1) is 16.7. The molecular weight excluding hydrogens is 320 g/mol. The summed E-state index contributed by atoms with van der Waals surface area (Å²) in [5, 5.41) is 22.5. The Hall–Kier alpha value is -3.15. The van der Waals surface area contributed by atoms with E-state index in [9.17, 15) is 19.8 Å². The van der Waals surface area contributed by atoms with Crippen LogP contribution >= 0.6 is 0 Å². The fourth-order valence-corrected chi connectivity index (χ4v) is 2.87. The van der Waals surface area contributed by atoms with Crippen LogP contribution in [-0.2, 0) is 9.59 Å². The number of aromatic nitrogens is 1. The van der Waals surface area contributed by atoms with Crippen LogP contribution in [-0.4, -0.2) is 27.1 Å². The Morgan fingerprint density at radius 2 is 1.92 bits per heavy atom. The highest BCUT2D eigenvalue weighted by atomic mass is 16.4. The third kappa shape index (κ3) is 3.85. The first-order chi connectivity index (χ1) is 12.0. The van der Waals surface area contributed by atoms with Crippen molar-refractivity contribution in [2.75, 3.05) is 0 Å². The molecule has 0 saturated carbocycles. The lowest BCUT2D eigenvalue weighted by Crippen LogP contribution is -2.25. The molecule has 1 aromatic carbocycles. The summed E-state index contributed by atoms with van der Waals surface area (Å²) in [5.74, 6) is -1.30. The van der Waals surface area contributed by atoms with Crippen LogP contribution in [0.3, 0.4) is 0 Å². The minimum atomic E-state index is -0.981. The molecule has 2 aromatic rings. The van der Waals surface area contributed by atoms with Crippen LogP contribution in [0.4, 0.5) is 0 Å². The van der Waals surface area contributed by atoms with Crippen LogP contribution in [0, 0.1) is 0 Å². The van der Waals surface area contributed by atoms with Gasteiger partial charge < -0.3 is 15.5 Å². The second-order valence-electron chi connectivity index (χ2n) is 5.88. The van der Waals surface area contributed by atoms with Gasteiger partial charge in [-0.1, -0.05) is 18.2 Å². The number of rotatable bonds is 4. The molecule has 0 unspecified atom stereocenters. The molecule has 0 bridgehead atoms. The Kier molecular flexibility index (Phi) is 4.79. The number of carbonyl (C=O) groups excluding carboxylic acids is 1. The van der Waals surface area contributed by atoms with Crippen molar-refractivity contribution < 1.29 is 19.8 Å². The van der Waals surface area contributed by atoms with E-state index in [0.29, 0.717) is 29.7 Å². The van der Waals surface area contributed by atoms with Gasteiger partial charge in [0, 0.05) is 17.2 Å². The minimum absolute atomic E-state index is 0.0793. The summed E-state index contributed by atoms with van der Waals surface area (Å²) in [6.45, 7) is 0. The van der Waals surface area contributed by atoms with E-state index in [1.54, 1.807) is 18.2 Å². The topological polar surface area (TPSA) is 99.5 Å². The van der Waals surface area contributed by atoms with Gasteiger partial charge in [0.15, 0.2) is 0 Å². The van der Waals surface area contributed by atoms with E-state index in [1.165, 1.54) is 12.2 Å². The predicted molar refractivity (Wildman–Crippen MR) is 93.7 cm³/mol. The van der Waals surface area contributed by atoms with Crippen molar-refractivity contribution in [3.05, 3.63) is 53.4 Å². The van der Waals surface area contributed by atoms with E-state index >= 15 is 0 Å². The first-order valence-corrected chi connectivity index (χ1v) is 8.08. The van der Waals surface area contributed by atoms with Gasteiger partial charge in [-0.05, 0) is 43.9 Å². The number of hydrogen-bond acceptors (Lipinski definition) is 4. The van der Waals surface area contributed by atoms with E-state index in [0.717, 1.165) is 18.2 Å². The van der Waals surface area contributed by atoms with E-state index in [1.807, 2.05) is 12.1 Å². The standard InChI is InChI=1S/C19H18N2O4/c22-16-7-3-4-12-8-9-13(20-18(12)16)10-11-17(23)21-15-6-2-1-5-14(15)19(24)25/h3-4,7-11,22H,1-2,5-6H2,(H,21,23)(H,24,25)/b11-10+. The summed E-state index contributed by atoms with van der Waals surface area (Å²) in [4.78, 5) is 27.6. The zero-order chi connectivity index (χ0) is 17.8. The lowest BCUT2D eigenvalue weighted by Gasteiger charge is -2.17. The number of carboxylic acids is 1. The molecule has 0 radical (unpaired) electrons. The SMILES string of the molecule is O=C(/C=C/c1ccc2cccc(O)c2n1)NC1=C(C(=O)O)CCCC1. The Morgan fingerprint density at radius 3 is 2.72 bits per heavy atom. The number of aliphatic carboxylic acids is 1. The average molecular weight is 338 g/mol. The molecule has 1 heterocycles. The molecule has 6 nitrogen and oxygen atoms in total. The number of fused-ring (bicyclic) bond motifs is 1. The van der Waals surface area contributed by atoms with Crippen molar-refractivity contribution in [1.82, 2.24) is 10.3 Å². The van der Waals surface area contributed by atoms with Crippen LogP contribution in [0.15, 0.2) is 47.7 Å². The first-order valence-electron chi connectivity index (χ1n) is 8.08. The third-order valence-electron chi connectivity index (χ3n) is 4.13. The quantitative estimate of drug-likeness (QED) is 0.744. The summed E-state index contributed by atoms with van der Waals surface area (Å²) in [5.41, 5.74) is 1.76. The molecule has 0 spiro atoms. The number of carbonyl (C=O) groups is 2. The number of aromatic hydroxyl groups is 1. The van der Waals surface area contributed by atoms with Crippen LogP contribution in [0.25, 0.3) is 17.0 Å². The van der Waals surface area contributed by atoms with Crippen molar-refractivity contribution in [2.45, 2.75) is 25.7 Å². The maximum absolute atomic E-state index is 12.1. The van der Waals surface area contributed by atoms with Crippen LogP contribution < -0.4 is 5.32 Å². The fraction of sp³-hybridized carbons (Fsp3) is 0.211. The number of benzene rings is 1. The third-order valence-corrected chi connectivity index (χ3v) is 4.13. The number of nitrogens with zero attached hydrogens (tertiary/aromatic N) is 1. The predicted octanol–water partition coefficient (Wildman–Crippen LogP) is 2.98. The molecular formula is C19H18N2O4. The Morgan fingerprint density at radius 1 is 1.12 bits per heavy atom. The molecule has 1 aliphatic carbocycles. The fourth-order valence-electron chi connectivity index (χ4n) is 2.87. The van der Waals surface area contributed by atoms with Gasteiger partial charge in [0.2, 0.25) is 5.91 Å². The number of carboxylic acid groups (broad SMARTS) is 1. The maximum atomic E-state index is 12.1. The molecule has 6 heteroatoms. The summed E-state index contributed by atoms with van der Waals surface area (Å²) in [7, 11) is 0. The van der Waals surface area contributed by atoms with Gasteiger partial charge in [-0.3, -0.25) is 4.79 Å². The lowest BCUT2D eigenvalue weighted by molar-refractivity contribution is -0.133. The summed E-state index contributed by atoms with van der Waals surface area (Å²) >= 11 is 0. The van der Waals surface area contributed by atoms with Gasteiger partial charge in [-0.2, -0.15) is 0 Å². The minimum Gasteiger partial charge on any atom is -0.506 e. The molecule has 1 amide bonds. The Labute approximate surface area is 144 Å². The van der Waals surface area contributed by atoms with Crippen molar-refractivity contribution in [3.63, 3.8) is 0 Å². The zero-order valence-corrected chi connectivity index (χ0v) is 13.5. The number of hydrogen-bond donors (Lipinski definition) is 3. The Bertz CT molecular complexity index is 899.